The first-order valence-electron chi connectivity index (χ1n) is 9.36. The van der Waals surface area contributed by atoms with Crippen molar-refractivity contribution in [2.75, 3.05) is 23.3 Å². The van der Waals surface area contributed by atoms with Crippen molar-refractivity contribution in [1.82, 2.24) is 4.98 Å². The van der Waals surface area contributed by atoms with E-state index in [0.717, 1.165) is 17.3 Å². The first-order valence-corrected chi connectivity index (χ1v) is 9.36. The molecule has 1 saturated heterocycles. The number of aryl methyl sites for hydroxylation is 1. The van der Waals surface area contributed by atoms with Crippen LogP contribution in [0, 0.1) is 0 Å². The zero-order valence-electron chi connectivity index (χ0n) is 15.4. The van der Waals surface area contributed by atoms with Gasteiger partial charge in [0.05, 0.1) is 5.56 Å². The van der Waals surface area contributed by atoms with Gasteiger partial charge in [-0.25, -0.2) is 4.98 Å². The van der Waals surface area contributed by atoms with E-state index >= 15 is 0 Å². The summed E-state index contributed by atoms with van der Waals surface area (Å²) in [5.41, 5.74) is 0.888. The van der Waals surface area contributed by atoms with Crippen molar-refractivity contribution in [3.8, 4) is 5.75 Å². The fourth-order valence-corrected chi connectivity index (χ4v) is 3.72. The standard InChI is InChI=1S/C20H20F3N3O3/c21-20(22,23)14-2-1-8-24-19(14)26-9-7-17(16(27)11-26)29-13-4-5-15-12(10-13)3-6-18(28)25-15/h1-2,4-5,8,10,16-17,27H,3,6-7,9,11H2,(H,25,28)/t16-,17-/m1/s1. The number of benzene rings is 1. The number of rotatable bonds is 3. The van der Waals surface area contributed by atoms with E-state index in [4.69, 9.17) is 4.74 Å². The zero-order chi connectivity index (χ0) is 20.6. The molecule has 1 amide bonds. The number of aromatic nitrogens is 1. The highest BCUT2D eigenvalue weighted by atomic mass is 19.4. The number of anilines is 2. The Kier molecular flexibility index (Phi) is 5.08. The Morgan fingerprint density at radius 1 is 1.24 bits per heavy atom. The van der Waals surface area contributed by atoms with Crippen molar-refractivity contribution in [2.24, 2.45) is 0 Å². The molecule has 0 spiro atoms. The highest BCUT2D eigenvalue weighted by Gasteiger charge is 2.38. The summed E-state index contributed by atoms with van der Waals surface area (Å²) in [4.78, 5) is 16.8. The summed E-state index contributed by atoms with van der Waals surface area (Å²) in [6, 6.07) is 7.53. The molecular formula is C20H20F3N3O3. The van der Waals surface area contributed by atoms with E-state index < -0.39 is 23.9 Å². The molecule has 2 aliphatic rings. The second-order valence-corrected chi connectivity index (χ2v) is 7.20. The van der Waals surface area contributed by atoms with E-state index in [-0.39, 0.29) is 24.8 Å². The zero-order valence-corrected chi connectivity index (χ0v) is 15.4. The van der Waals surface area contributed by atoms with Gasteiger partial charge in [0.25, 0.3) is 0 Å². The molecule has 0 bridgehead atoms. The van der Waals surface area contributed by atoms with E-state index in [1.807, 2.05) is 6.07 Å². The smallest absolute Gasteiger partial charge is 0.419 e. The maximum Gasteiger partial charge on any atom is 0.419 e. The maximum absolute atomic E-state index is 13.2. The Hall–Kier alpha value is -2.81. The molecule has 2 aromatic rings. The maximum atomic E-state index is 13.2. The fourth-order valence-electron chi connectivity index (χ4n) is 3.72. The first kappa shape index (κ1) is 19.5. The predicted octanol–water partition coefficient (Wildman–Crippen LogP) is 3.00. The molecule has 29 heavy (non-hydrogen) atoms. The molecule has 4 rings (SSSR count). The van der Waals surface area contributed by atoms with Crippen molar-refractivity contribution in [1.29, 1.82) is 0 Å². The number of nitrogens with one attached hydrogen (secondary N) is 1. The highest BCUT2D eigenvalue weighted by molar-refractivity contribution is 5.94. The number of β-amino-alcohol motifs (C(OH)–C–C–N with tert-alkyl or cyclic N) is 1. The molecule has 2 atom stereocenters. The van der Waals surface area contributed by atoms with Gasteiger partial charge in [0.1, 0.15) is 23.8 Å². The van der Waals surface area contributed by atoms with Crippen LogP contribution in [0.3, 0.4) is 0 Å². The number of hydrogen-bond acceptors (Lipinski definition) is 5. The van der Waals surface area contributed by atoms with Gasteiger partial charge in [0, 0.05) is 37.8 Å². The largest absolute Gasteiger partial charge is 0.488 e. The fraction of sp³-hybridized carbons (Fsp3) is 0.400. The van der Waals surface area contributed by atoms with Gasteiger partial charge in [-0.15, -0.1) is 0 Å². The van der Waals surface area contributed by atoms with E-state index in [9.17, 15) is 23.1 Å². The summed E-state index contributed by atoms with van der Waals surface area (Å²) < 4.78 is 45.7. The number of pyridine rings is 1. The van der Waals surface area contributed by atoms with E-state index in [2.05, 4.69) is 10.3 Å². The number of halogens is 3. The number of aliphatic hydroxyl groups is 1. The van der Waals surface area contributed by atoms with Crippen molar-refractivity contribution < 1.29 is 27.8 Å². The van der Waals surface area contributed by atoms with Gasteiger partial charge in [-0.05, 0) is 42.3 Å². The molecule has 0 aliphatic carbocycles. The summed E-state index contributed by atoms with van der Waals surface area (Å²) in [6.07, 6.45) is -3.35. The van der Waals surface area contributed by atoms with Crippen LogP contribution < -0.4 is 15.0 Å². The molecule has 2 aliphatic heterocycles. The van der Waals surface area contributed by atoms with Gasteiger partial charge < -0.3 is 20.1 Å². The van der Waals surface area contributed by atoms with E-state index in [1.54, 1.807) is 12.1 Å². The molecule has 1 aromatic heterocycles. The third-order valence-corrected chi connectivity index (χ3v) is 5.17. The van der Waals surface area contributed by atoms with E-state index in [0.29, 0.717) is 25.0 Å². The SMILES string of the molecule is O=C1CCc2cc(O[C@@H]3CCN(c4ncccc4C(F)(F)F)C[C@H]3O)ccc2N1. The third kappa shape index (κ3) is 4.14. The second kappa shape index (κ2) is 7.55. The number of nitrogens with zero attached hydrogens (tertiary/aromatic N) is 2. The van der Waals surface area contributed by atoms with Crippen molar-refractivity contribution in [3.05, 3.63) is 47.7 Å². The lowest BCUT2D eigenvalue weighted by molar-refractivity contribution is -0.137. The van der Waals surface area contributed by atoms with Crippen LogP contribution in [-0.2, 0) is 17.4 Å². The molecule has 0 unspecified atom stereocenters. The second-order valence-electron chi connectivity index (χ2n) is 7.20. The van der Waals surface area contributed by atoms with Crippen LogP contribution in [0.1, 0.15) is 24.0 Å². The van der Waals surface area contributed by atoms with Crippen LogP contribution in [0.2, 0.25) is 0 Å². The number of ether oxygens (including phenoxy) is 1. The molecule has 0 saturated carbocycles. The summed E-state index contributed by atoms with van der Waals surface area (Å²) in [5.74, 6) is 0.356. The quantitative estimate of drug-likeness (QED) is 0.818. The number of hydrogen-bond donors (Lipinski definition) is 2. The average molecular weight is 407 g/mol. The highest BCUT2D eigenvalue weighted by Crippen LogP contribution is 2.36. The normalized spacial score (nSPS) is 22.1. The van der Waals surface area contributed by atoms with Crippen molar-refractivity contribution >= 4 is 17.4 Å². The summed E-state index contributed by atoms with van der Waals surface area (Å²) in [6.45, 7) is 0.272. The van der Waals surface area contributed by atoms with Crippen LogP contribution in [0.25, 0.3) is 0 Å². The molecule has 1 fully saturated rings. The Morgan fingerprint density at radius 2 is 2.07 bits per heavy atom. The Morgan fingerprint density at radius 3 is 2.83 bits per heavy atom. The lowest BCUT2D eigenvalue weighted by Gasteiger charge is -2.37. The van der Waals surface area contributed by atoms with Crippen LogP contribution in [0.5, 0.6) is 5.75 Å². The van der Waals surface area contributed by atoms with Gasteiger partial charge in [-0.3, -0.25) is 4.79 Å². The molecule has 9 heteroatoms. The minimum atomic E-state index is -4.51. The molecule has 154 valence electrons. The molecule has 0 radical (unpaired) electrons. The number of fused-ring (bicyclic) bond motifs is 1. The first-order chi connectivity index (χ1) is 13.8. The lowest BCUT2D eigenvalue weighted by atomic mass is 10.0. The third-order valence-electron chi connectivity index (χ3n) is 5.17. The minimum Gasteiger partial charge on any atom is -0.488 e. The van der Waals surface area contributed by atoms with Crippen LogP contribution >= 0.6 is 0 Å². The van der Waals surface area contributed by atoms with Crippen LogP contribution in [0.4, 0.5) is 24.7 Å². The summed E-state index contributed by atoms with van der Waals surface area (Å²) in [5, 5.41) is 13.3. The molecule has 3 heterocycles. The molecule has 6 nitrogen and oxygen atoms in total. The average Bonchev–Trinajstić information content (AvgIpc) is 2.69. The Labute approximate surface area is 165 Å². The van der Waals surface area contributed by atoms with E-state index in [1.165, 1.54) is 17.2 Å². The van der Waals surface area contributed by atoms with Gasteiger partial charge in [-0.2, -0.15) is 13.2 Å². The van der Waals surface area contributed by atoms with Crippen molar-refractivity contribution in [2.45, 2.75) is 37.6 Å². The summed E-state index contributed by atoms with van der Waals surface area (Å²) in [7, 11) is 0. The molecular weight excluding hydrogens is 387 g/mol. The number of piperidine rings is 1. The molecule has 2 N–H and O–H groups in total. The Bertz CT molecular complexity index is 919. The number of amides is 1. The number of carbonyl (C=O) groups is 1. The topological polar surface area (TPSA) is 74.7 Å². The van der Waals surface area contributed by atoms with Gasteiger partial charge in [-0.1, -0.05) is 0 Å². The van der Waals surface area contributed by atoms with Gasteiger partial charge in [0.15, 0.2) is 0 Å². The number of alkyl halides is 3. The Balaban J connectivity index is 1.45. The van der Waals surface area contributed by atoms with Gasteiger partial charge >= 0.3 is 6.18 Å². The number of aliphatic hydroxyl groups excluding tert-OH is 1. The number of carbonyl (C=O) groups excluding carboxylic acids is 1. The monoisotopic (exact) mass is 407 g/mol. The minimum absolute atomic E-state index is 0.00818. The van der Waals surface area contributed by atoms with Crippen LogP contribution in [-0.4, -0.2) is 41.3 Å². The lowest BCUT2D eigenvalue weighted by Crippen LogP contribution is -2.49. The predicted molar refractivity (Wildman–Crippen MR) is 99.9 cm³/mol. The summed E-state index contributed by atoms with van der Waals surface area (Å²) >= 11 is 0. The molecule has 1 aromatic carbocycles. The van der Waals surface area contributed by atoms with Crippen molar-refractivity contribution in [3.63, 3.8) is 0 Å². The van der Waals surface area contributed by atoms with Crippen LogP contribution in [0.15, 0.2) is 36.5 Å². The van der Waals surface area contributed by atoms with Gasteiger partial charge in [0.2, 0.25) is 5.91 Å².